The van der Waals surface area contributed by atoms with Crippen molar-refractivity contribution in [1.29, 1.82) is 0 Å². The molecule has 0 amide bonds. The number of nitrogens with zero attached hydrogens (tertiary/aromatic N) is 2. The number of halogens is 2. The lowest BCUT2D eigenvalue weighted by atomic mass is 10.1. The Balaban J connectivity index is 2.41. The quantitative estimate of drug-likeness (QED) is 0.362. The average molecular weight is 319 g/mol. The Bertz CT molecular complexity index is 668. The fourth-order valence-corrected chi connectivity index (χ4v) is 3.93. The van der Waals surface area contributed by atoms with Crippen LogP contribution in [0.4, 0.5) is 14.5 Å². The topological polar surface area (TPSA) is 96.0 Å². The molecule has 3 N–H and O–H groups in total. The maximum absolute atomic E-state index is 14.1. The van der Waals surface area contributed by atoms with Crippen LogP contribution in [0.15, 0.2) is 17.3 Å². The van der Waals surface area contributed by atoms with E-state index in [1.807, 2.05) is 0 Å². The highest BCUT2D eigenvalue weighted by molar-refractivity contribution is 7.91. The molecule has 2 rings (SSSR count). The first-order valence-corrected chi connectivity index (χ1v) is 8.01. The highest BCUT2D eigenvalue weighted by atomic mass is 32.2. The van der Waals surface area contributed by atoms with Crippen molar-refractivity contribution in [2.24, 2.45) is 10.9 Å². The van der Waals surface area contributed by atoms with Crippen molar-refractivity contribution in [3.63, 3.8) is 0 Å². The van der Waals surface area contributed by atoms with Crippen LogP contribution in [0, 0.1) is 11.6 Å². The summed E-state index contributed by atoms with van der Waals surface area (Å²) < 4.78 is 51.3. The van der Waals surface area contributed by atoms with Crippen molar-refractivity contribution in [3.05, 3.63) is 29.3 Å². The van der Waals surface area contributed by atoms with E-state index in [0.29, 0.717) is 0 Å². The van der Waals surface area contributed by atoms with E-state index < -0.39 is 33.3 Å². The lowest BCUT2D eigenvalue weighted by molar-refractivity contribution is 0.318. The third-order valence-electron chi connectivity index (χ3n) is 3.38. The molecule has 0 spiro atoms. The average Bonchev–Trinajstić information content (AvgIpc) is 2.38. The van der Waals surface area contributed by atoms with Crippen LogP contribution < -0.4 is 10.6 Å². The molecule has 1 aromatic carbocycles. The number of hydrogen-bond acceptors (Lipinski definition) is 5. The molecule has 0 aliphatic carbocycles. The number of oxime groups is 1. The number of sulfone groups is 1. The summed E-state index contributed by atoms with van der Waals surface area (Å²) in [6.45, 7) is 1.60. The maximum atomic E-state index is 14.1. The first-order valence-electron chi connectivity index (χ1n) is 6.19. The van der Waals surface area contributed by atoms with E-state index in [-0.39, 0.29) is 29.3 Å². The number of nitrogens with two attached hydrogens (primary N) is 1. The summed E-state index contributed by atoms with van der Waals surface area (Å²) in [6, 6.07) is 1.36. The molecule has 1 aromatic rings. The Hall–Kier alpha value is -1.90. The molecule has 0 radical (unpaired) electrons. The van der Waals surface area contributed by atoms with Crippen LogP contribution in [-0.2, 0) is 9.84 Å². The van der Waals surface area contributed by atoms with Crippen LogP contribution in [0.3, 0.4) is 0 Å². The van der Waals surface area contributed by atoms with Gasteiger partial charge in [-0.2, -0.15) is 0 Å². The van der Waals surface area contributed by atoms with E-state index in [0.717, 1.165) is 12.1 Å². The van der Waals surface area contributed by atoms with Crippen molar-refractivity contribution < 1.29 is 22.4 Å². The van der Waals surface area contributed by atoms with Crippen molar-refractivity contribution in [1.82, 2.24) is 0 Å². The van der Waals surface area contributed by atoms with Gasteiger partial charge in [-0.25, -0.2) is 17.2 Å². The summed E-state index contributed by atoms with van der Waals surface area (Å²) in [5.74, 6) is -2.49. The normalized spacial score (nSPS) is 22.3. The summed E-state index contributed by atoms with van der Waals surface area (Å²) in [6.07, 6.45) is 0. The van der Waals surface area contributed by atoms with Gasteiger partial charge >= 0.3 is 0 Å². The third kappa shape index (κ3) is 3.07. The van der Waals surface area contributed by atoms with Gasteiger partial charge in [0.25, 0.3) is 0 Å². The van der Waals surface area contributed by atoms with Crippen molar-refractivity contribution in [2.75, 3.05) is 23.0 Å². The fraction of sp³-hybridized carbons (Fsp3) is 0.417. The maximum Gasteiger partial charge on any atom is 0.170 e. The van der Waals surface area contributed by atoms with Crippen molar-refractivity contribution >= 4 is 21.4 Å². The van der Waals surface area contributed by atoms with E-state index in [1.54, 1.807) is 6.92 Å². The zero-order chi connectivity index (χ0) is 15.8. The van der Waals surface area contributed by atoms with Crippen LogP contribution in [0.25, 0.3) is 0 Å². The molecule has 0 bridgehead atoms. The lowest BCUT2D eigenvalue weighted by Crippen LogP contribution is -2.47. The van der Waals surface area contributed by atoms with Gasteiger partial charge in [0.15, 0.2) is 15.7 Å². The predicted molar refractivity (Wildman–Crippen MR) is 74.3 cm³/mol. The van der Waals surface area contributed by atoms with Gasteiger partial charge in [-0.05, 0) is 19.1 Å². The third-order valence-corrected chi connectivity index (χ3v) is 5.17. The second-order valence-corrected chi connectivity index (χ2v) is 7.16. The van der Waals surface area contributed by atoms with Gasteiger partial charge in [0.05, 0.1) is 11.5 Å². The molecule has 0 saturated carbocycles. The molecule has 1 atom stereocenters. The number of hydrogen-bond donors (Lipinski definition) is 2. The van der Waals surface area contributed by atoms with Gasteiger partial charge in [0.1, 0.15) is 17.3 Å². The number of benzene rings is 1. The predicted octanol–water partition coefficient (Wildman–Crippen LogP) is 0.683. The molecule has 6 nitrogen and oxygen atoms in total. The lowest BCUT2D eigenvalue weighted by Gasteiger charge is -2.35. The Kier molecular flexibility index (Phi) is 4.04. The molecule has 1 unspecified atom stereocenters. The van der Waals surface area contributed by atoms with Crippen molar-refractivity contribution in [2.45, 2.75) is 13.0 Å². The Morgan fingerprint density at radius 2 is 2.00 bits per heavy atom. The minimum Gasteiger partial charge on any atom is -0.409 e. The van der Waals surface area contributed by atoms with Crippen LogP contribution in [0.1, 0.15) is 12.5 Å². The molecule has 1 heterocycles. The summed E-state index contributed by atoms with van der Waals surface area (Å²) in [5, 5.41) is 11.2. The molecule has 1 saturated heterocycles. The van der Waals surface area contributed by atoms with Crippen LogP contribution in [0.2, 0.25) is 0 Å². The van der Waals surface area contributed by atoms with E-state index >= 15 is 0 Å². The molecule has 0 aromatic heterocycles. The SMILES string of the molecule is CC1CS(=O)(=O)CCN1c1c(F)cc(C(N)=NO)cc1F. The molecule has 1 aliphatic rings. The molecule has 1 aliphatic heterocycles. The Morgan fingerprint density at radius 3 is 2.48 bits per heavy atom. The van der Waals surface area contributed by atoms with E-state index in [1.165, 1.54) is 4.90 Å². The highest BCUT2D eigenvalue weighted by Gasteiger charge is 2.31. The Labute approximate surface area is 120 Å². The Morgan fingerprint density at radius 1 is 1.43 bits per heavy atom. The number of rotatable bonds is 2. The largest absolute Gasteiger partial charge is 0.409 e. The smallest absolute Gasteiger partial charge is 0.170 e. The molecule has 1 fully saturated rings. The van der Waals surface area contributed by atoms with Gasteiger partial charge in [-0.3, -0.25) is 0 Å². The van der Waals surface area contributed by atoms with E-state index in [9.17, 15) is 17.2 Å². The van der Waals surface area contributed by atoms with Gasteiger partial charge in [0, 0.05) is 18.2 Å². The fourth-order valence-electron chi connectivity index (χ4n) is 2.38. The molecule has 9 heteroatoms. The minimum absolute atomic E-state index is 0.0141. The number of amidine groups is 1. The van der Waals surface area contributed by atoms with Gasteiger partial charge in [0.2, 0.25) is 0 Å². The van der Waals surface area contributed by atoms with Crippen LogP contribution in [-0.4, -0.2) is 43.6 Å². The van der Waals surface area contributed by atoms with Crippen LogP contribution >= 0.6 is 0 Å². The summed E-state index contributed by atoms with van der Waals surface area (Å²) in [4.78, 5) is 1.38. The molecular formula is C12H15F2N3O3S. The van der Waals surface area contributed by atoms with Gasteiger partial charge < -0.3 is 15.8 Å². The summed E-state index contributed by atoms with van der Waals surface area (Å²) in [5.41, 5.74) is 4.91. The standard InChI is InChI=1S/C12H15F2N3O3S/c1-7-6-21(19,20)3-2-17(7)11-9(13)4-8(5-10(11)14)12(15)16-18/h4-5,7,18H,2-3,6H2,1H3,(H2,15,16). The zero-order valence-corrected chi connectivity index (χ0v) is 12.1. The summed E-state index contributed by atoms with van der Waals surface area (Å²) >= 11 is 0. The van der Waals surface area contributed by atoms with E-state index in [2.05, 4.69) is 5.16 Å². The highest BCUT2D eigenvalue weighted by Crippen LogP contribution is 2.28. The van der Waals surface area contributed by atoms with E-state index in [4.69, 9.17) is 10.9 Å². The second-order valence-electron chi connectivity index (χ2n) is 4.93. The summed E-state index contributed by atoms with van der Waals surface area (Å²) in [7, 11) is -3.18. The zero-order valence-electron chi connectivity index (χ0n) is 11.3. The van der Waals surface area contributed by atoms with Crippen molar-refractivity contribution in [3.8, 4) is 0 Å². The van der Waals surface area contributed by atoms with Gasteiger partial charge in [-0.1, -0.05) is 5.16 Å². The van der Waals surface area contributed by atoms with Crippen LogP contribution in [0.5, 0.6) is 0 Å². The molecule has 21 heavy (non-hydrogen) atoms. The first-order chi connectivity index (χ1) is 9.75. The number of anilines is 1. The first kappa shape index (κ1) is 15.5. The molecule has 116 valence electrons. The monoisotopic (exact) mass is 319 g/mol. The second kappa shape index (κ2) is 5.47. The van der Waals surface area contributed by atoms with Gasteiger partial charge in [-0.15, -0.1) is 0 Å². The molecular weight excluding hydrogens is 304 g/mol. The minimum atomic E-state index is -3.18.